The molecule has 0 saturated heterocycles. The summed E-state index contributed by atoms with van der Waals surface area (Å²) >= 11 is 0. The Morgan fingerprint density at radius 1 is 1.17 bits per heavy atom. The SMILES string of the molecule is CCCC(=O)c1cn(CC(=O)NCc2ccco2)c2ccccc12. The number of carbonyl (C=O) groups excluding carboxylic acids is 2. The average Bonchev–Trinajstić information content (AvgIpc) is 3.22. The molecule has 1 aromatic carbocycles. The van der Waals surface area contributed by atoms with E-state index in [2.05, 4.69) is 5.32 Å². The summed E-state index contributed by atoms with van der Waals surface area (Å²) in [6, 6.07) is 11.3. The van der Waals surface area contributed by atoms with E-state index in [1.165, 1.54) is 0 Å². The van der Waals surface area contributed by atoms with Crippen LogP contribution >= 0.6 is 0 Å². The van der Waals surface area contributed by atoms with Crippen molar-refractivity contribution in [3.05, 3.63) is 60.2 Å². The van der Waals surface area contributed by atoms with E-state index in [4.69, 9.17) is 4.42 Å². The summed E-state index contributed by atoms with van der Waals surface area (Å²) in [5, 5.41) is 3.72. The van der Waals surface area contributed by atoms with Gasteiger partial charge < -0.3 is 14.3 Å². The first-order chi connectivity index (χ1) is 11.7. The number of Topliss-reactive ketones (excluding diaryl/α,β-unsaturated/α-hetero) is 1. The zero-order chi connectivity index (χ0) is 16.9. The van der Waals surface area contributed by atoms with Gasteiger partial charge in [0.2, 0.25) is 5.91 Å². The highest BCUT2D eigenvalue weighted by atomic mass is 16.3. The zero-order valence-corrected chi connectivity index (χ0v) is 13.6. The molecule has 0 atom stereocenters. The second-order valence-corrected chi connectivity index (χ2v) is 5.72. The Morgan fingerprint density at radius 2 is 2.00 bits per heavy atom. The van der Waals surface area contributed by atoms with Crippen LogP contribution < -0.4 is 5.32 Å². The standard InChI is InChI=1S/C19H20N2O3/c1-2-6-18(22)16-12-21(17-9-4-3-8-15(16)17)13-19(23)20-11-14-7-5-10-24-14/h3-5,7-10,12H,2,6,11,13H2,1H3,(H,20,23). The molecule has 0 unspecified atom stereocenters. The van der Waals surface area contributed by atoms with Crippen LogP contribution in [0, 0.1) is 0 Å². The van der Waals surface area contributed by atoms with Gasteiger partial charge in [-0.1, -0.05) is 25.1 Å². The lowest BCUT2D eigenvalue weighted by molar-refractivity contribution is -0.121. The molecule has 0 radical (unpaired) electrons. The Hall–Kier alpha value is -2.82. The van der Waals surface area contributed by atoms with Crippen molar-refractivity contribution in [3.8, 4) is 0 Å². The second-order valence-electron chi connectivity index (χ2n) is 5.72. The number of ketones is 1. The summed E-state index contributed by atoms with van der Waals surface area (Å²) in [5.74, 6) is 0.699. The molecule has 124 valence electrons. The molecule has 0 saturated carbocycles. The first kappa shape index (κ1) is 16.1. The van der Waals surface area contributed by atoms with Crippen LogP contribution in [0.4, 0.5) is 0 Å². The number of fused-ring (bicyclic) bond motifs is 1. The molecule has 3 rings (SSSR count). The minimum absolute atomic E-state index is 0.114. The molecule has 0 spiro atoms. The van der Waals surface area contributed by atoms with Crippen LogP contribution in [0.15, 0.2) is 53.3 Å². The third-order valence-electron chi connectivity index (χ3n) is 3.92. The highest BCUT2D eigenvalue weighted by molar-refractivity contribution is 6.08. The number of rotatable bonds is 7. The van der Waals surface area contributed by atoms with Crippen molar-refractivity contribution in [1.82, 2.24) is 9.88 Å². The molecule has 0 bridgehead atoms. The van der Waals surface area contributed by atoms with Gasteiger partial charge in [-0.25, -0.2) is 0 Å². The third-order valence-corrected chi connectivity index (χ3v) is 3.92. The van der Waals surface area contributed by atoms with Gasteiger partial charge in [-0.3, -0.25) is 9.59 Å². The summed E-state index contributed by atoms with van der Waals surface area (Å²) in [4.78, 5) is 24.5. The average molecular weight is 324 g/mol. The molecular weight excluding hydrogens is 304 g/mol. The summed E-state index contributed by atoms with van der Waals surface area (Å²) in [6.45, 7) is 2.51. The van der Waals surface area contributed by atoms with Gasteiger partial charge in [0.05, 0.1) is 12.8 Å². The van der Waals surface area contributed by atoms with Crippen LogP contribution in [-0.2, 0) is 17.9 Å². The molecule has 1 N–H and O–H groups in total. The number of amides is 1. The van der Waals surface area contributed by atoms with Gasteiger partial charge in [0.25, 0.3) is 0 Å². The summed E-state index contributed by atoms with van der Waals surface area (Å²) in [6.07, 6.45) is 4.68. The van der Waals surface area contributed by atoms with Crippen LogP contribution in [0.5, 0.6) is 0 Å². The van der Waals surface area contributed by atoms with Crippen molar-refractivity contribution in [2.45, 2.75) is 32.9 Å². The lowest BCUT2D eigenvalue weighted by Gasteiger charge is -2.06. The summed E-state index contributed by atoms with van der Waals surface area (Å²) in [7, 11) is 0. The van der Waals surface area contributed by atoms with Crippen molar-refractivity contribution in [3.63, 3.8) is 0 Å². The van der Waals surface area contributed by atoms with Crippen molar-refractivity contribution >= 4 is 22.6 Å². The number of para-hydroxylation sites is 1. The van der Waals surface area contributed by atoms with Crippen molar-refractivity contribution < 1.29 is 14.0 Å². The van der Waals surface area contributed by atoms with Gasteiger partial charge in [-0.2, -0.15) is 0 Å². The first-order valence-corrected chi connectivity index (χ1v) is 8.09. The van der Waals surface area contributed by atoms with Gasteiger partial charge in [0.1, 0.15) is 12.3 Å². The zero-order valence-electron chi connectivity index (χ0n) is 13.6. The molecule has 2 heterocycles. The molecule has 5 heteroatoms. The molecule has 0 aliphatic rings. The van der Waals surface area contributed by atoms with E-state index in [0.29, 0.717) is 24.3 Å². The highest BCUT2D eigenvalue weighted by Gasteiger charge is 2.15. The smallest absolute Gasteiger partial charge is 0.240 e. The topological polar surface area (TPSA) is 64.2 Å². The maximum Gasteiger partial charge on any atom is 0.240 e. The fourth-order valence-corrected chi connectivity index (χ4v) is 2.77. The molecule has 0 aliphatic carbocycles. The van der Waals surface area contributed by atoms with Crippen LogP contribution in [0.1, 0.15) is 35.9 Å². The molecule has 0 aliphatic heterocycles. The molecule has 2 aromatic heterocycles. The van der Waals surface area contributed by atoms with Gasteiger partial charge in [-0.15, -0.1) is 0 Å². The monoisotopic (exact) mass is 324 g/mol. The molecule has 5 nitrogen and oxygen atoms in total. The maximum absolute atomic E-state index is 12.3. The molecular formula is C19H20N2O3. The molecule has 24 heavy (non-hydrogen) atoms. The molecule has 1 amide bonds. The minimum Gasteiger partial charge on any atom is -0.467 e. The van der Waals surface area contributed by atoms with Crippen molar-refractivity contribution in [1.29, 1.82) is 0 Å². The van der Waals surface area contributed by atoms with Gasteiger partial charge in [0, 0.05) is 29.1 Å². The van der Waals surface area contributed by atoms with E-state index in [0.717, 1.165) is 17.3 Å². The predicted octanol–water partition coefficient (Wildman–Crippen LogP) is 3.53. The Kier molecular flexibility index (Phi) is 4.79. The number of hydrogen-bond acceptors (Lipinski definition) is 3. The second kappa shape index (κ2) is 7.17. The minimum atomic E-state index is -0.123. The number of benzene rings is 1. The van der Waals surface area contributed by atoms with E-state index in [-0.39, 0.29) is 18.2 Å². The number of aromatic nitrogens is 1. The van der Waals surface area contributed by atoms with Crippen LogP contribution in [0.2, 0.25) is 0 Å². The van der Waals surface area contributed by atoms with Gasteiger partial charge >= 0.3 is 0 Å². The fourth-order valence-electron chi connectivity index (χ4n) is 2.77. The van der Waals surface area contributed by atoms with Gasteiger partial charge in [0.15, 0.2) is 5.78 Å². The normalized spacial score (nSPS) is 10.9. The Balaban J connectivity index is 1.78. The van der Waals surface area contributed by atoms with Crippen LogP contribution in [-0.4, -0.2) is 16.3 Å². The number of carbonyl (C=O) groups is 2. The van der Waals surface area contributed by atoms with Crippen molar-refractivity contribution in [2.75, 3.05) is 0 Å². The van der Waals surface area contributed by atoms with E-state index < -0.39 is 0 Å². The van der Waals surface area contributed by atoms with E-state index >= 15 is 0 Å². The molecule has 0 fully saturated rings. The Bertz CT molecular complexity index is 847. The molecule has 3 aromatic rings. The number of hydrogen-bond donors (Lipinski definition) is 1. The van der Waals surface area contributed by atoms with Crippen molar-refractivity contribution in [2.24, 2.45) is 0 Å². The maximum atomic E-state index is 12.3. The lowest BCUT2D eigenvalue weighted by atomic mass is 10.1. The lowest BCUT2D eigenvalue weighted by Crippen LogP contribution is -2.26. The Morgan fingerprint density at radius 3 is 2.75 bits per heavy atom. The van der Waals surface area contributed by atoms with Crippen LogP contribution in [0.25, 0.3) is 10.9 Å². The fraction of sp³-hybridized carbons (Fsp3) is 0.263. The number of nitrogens with zero attached hydrogens (tertiary/aromatic N) is 1. The van der Waals surface area contributed by atoms with Crippen LogP contribution in [0.3, 0.4) is 0 Å². The van der Waals surface area contributed by atoms with E-state index in [1.54, 1.807) is 18.5 Å². The van der Waals surface area contributed by atoms with E-state index in [9.17, 15) is 9.59 Å². The van der Waals surface area contributed by atoms with Gasteiger partial charge in [-0.05, 0) is 24.6 Å². The quantitative estimate of drug-likeness (QED) is 0.676. The Labute approximate surface area is 140 Å². The first-order valence-electron chi connectivity index (χ1n) is 8.09. The number of nitrogens with one attached hydrogen (secondary N) is 1. The third kappa shape index (κ3) is 3.40. The highest BCUT2D eigenvalue weighted by Crippen LogP contribution is 2.23. The van der Waals surface area contributed by atoms with E-state index in [1.807, 2.05) is 41.8 Å². The predicted molar refractivity (Wildman–Crippen MR) is 91.7 cm³/mol. The largest absolute Gasteiger partial charge is 0.467 e. The summed E-state index contributed by atoms with van der Waals surface area (Å²) < 4.78 is 7.03. The summed E-state index contributed by atoms with van der Waals surface area (Å²) in [5.41, 5.74) is 1.58. The number of furan rings is 1.